The Labute approximate surface area is 109 Å². The number of nitriles is 1. The zero-order chi connectivity index (χ0) is 13.9. The van der Waals surface area contributed by atoms with E-state index < -0.39 is 23.3 Å². The first-order valence-corrected chi connectivity index (χ1v) is 5.45. The molecular formula is C11H7BrF3NO2. The predicted octanol–water partition coefficient (Wildman–Crippen LogP) is 3.06. The molecule has 0 radical (unpaired) electrons. The maximum absolute atomic E-state index is 12.6. The van der Waals surface area contributed by atoms with Crippen LogP contribution in [-0.4, -0.2) is 13.1 Å². The van der Waals surface area contributed by atoms with E-state index >= 15 is 0 Å². The van der Waals surface area contributed by atoms with Gasteiger partial charge in [-0.1, -0.05) is 15.9 Å². The topological polar surface area (TPSA) is 50.1 Å². The number of rotatable bonds is 2. The summed E-state index contributed by atoms with van der Waals surface area (Å²) in [6.07, 6.45) is -4.82. The monoisotopic (exact) mass is 321 g/mol. The third-order valence-corrected chi connectivity index (χ3v) is 2.91. The number of ether oxygens (including phenoxy) is 1. The van der Waals surface area contributed by atoms with Crippen LogP contribution in [0.1, 0.15) is 16.7 Å². The van der Waals surface area contributed by atoms with Crippen molar-refractivity contribution in [3.8, 4) is 6.07 Å². The second-order valence-corrected chi connectivity index (χ2v) is 4.21. The van der Waals surface area contributed by atoms with E-state index in [9.17, 15) is 18.0 Å². The number of hydrogen-bond acceptors (Lipinski definition) is 3. The maximum Gasteiger partial charge on any atom is 0.417 e. The molecule has 96 valence electrons. The molecule has 0 aromatic heterocycles. The van der Waals surface area contributed by atoms with Crippen molar-refractivity contribution < 1.29 is 22.7 Å². The number of halogens is 4. The Bertz CT molecular complexity index is 520. The first-order valence-electron chi connectivity index (χ1n) is 4.66. The standard InChI is InChI=1S/C11H7BrF3NO2/c1-18-10(17)3-6-2-7(5-16)8(4-9(6)12)11(13,14)15/h2,4H,3H2,1H3. The average Bonchev–Trinajstić information content (AvgIpc) is 2.29. The van der Waals surface area contributed by atoms with Gasteiger partial charge in [0.05, 0.1) is 30.7 Å². The minimum atomic E-state index is -4.61. The lowest BCUT2D eigenvalue weighted by Gasteiger charge is -2.11. The fourth-order valence-electron chi connectivity index (χ4n) is 1.31. The number of benzene rings is 1. The van der Waals surface area contributed by atoms with E-state index in [0.29, 0.717) is 0 Å². The van der Waals surface area contributed by atoms with Gasteiger partial charge in [-0.15, -0.1) is 0 Å². The van der Waals surface area contributed by atoms with Crippen LogP contribution in [0.2, 0.25) is 0 Å². The molecule has 1 aromatic carbocycles. The van der Waals surface area contributed by atoms with Crippen molar-refractivity contribution in [1.29, 1.82) is 5.26 Å². The fourth-order valence-corrected chi connectivity index (χ4v) is 1.79. The molecule has 0 unspecified atom stereocenters. The van der Waals surface area contributed by atoms with Crippen molar-refractivity contribution in [2.24, 2.45) is 0 Å². The zero-order valence-corrected chi connectivity index (χ0v) is 10.7. The molecule has 7 heteroatoms. The number of alkyl halides is 3. The van der Waals surface area contributed by atoms with E-state index in [-0.39, 0.29) is 16.5 Å². The van der Waals surface area contributed by atoms with Gasteiger partial charge in [-0.25, -0.2) is 0 Å². The summed E-state index contributed by atoms with van der Waals surface area (Å²) in [5.74, 6) is -0.598. The molecule has 3 nitrogen and oxygen atoms in total. The van der Waals surface area contributed by atoms with Gasteiger partial charge in [0, 0.05) is 4.47 Å². The van der Waals surface area contributed by atoms with Gasteiger partial charge in [-0.05, 0) is 17.7 Å². The van der Waals surface area contributed by atoms with Crippen molar-refractivity contribution in [1.82, 2.24) is 0 Å². The van der Waals surface area contributed by atoms with Gasteiger partial charge in [0.15, 0.2) is 0 Å². The highest BCUT2D eigenvalue weighted by Gasteiger charge is 2.34. The van der Waals surface area contributed by atoms with Gasteiger partial charge in [-0.2, -0.15) is 18.4 Å². The third kappa shape index (κ3) is 3.23. The molecule has 0 fully saturated rings. The maximum atomic E-state index is 12.6. The molecule has 0 saturated carbocycles. The van der Waals surface area contributed by atoms with Crippen LogP contribution in [0.25, 0.3) is 0 Å². The van der Waals surface area contributed by atoms with E-state index in [0.717, 1.165) is 12.1 Å². The number of carbonyl (C=O) groups excluding carboxylic acids is 1. The molecule has 0 heterocycles. The molecule has 0 aliphatic heterocycles. The van der Waals surface area contributed by atoms with Crippen LogP contribution in [0.5, 0.6) is 0 Å². The molecule has 1 aromatic rings. The van der Waals surface area contributed by atoms with Crippen molar-refractivity contribution in [2.75, 3.05) is 7.11 Å². The minimum Gasteiger partial charge on any atom is -0.469 e. The van der Waals surface area contributed by atoms with Gasteiger partial charge in [0.25, 0.3) is 0 Å². The first-order chi connectivity index (χ1) is 8.29. The third-order valence-electron chi connectivity index (χ3n) is 2.17. The van der Waals surface area contributed by atoms with E-state index in [1.165, 1.54) is 13.2 Å². The number of esters is 1. The van der Waals surface area contributed by atoms with Crippen molar-refractivity contribution in [3.05, 3.63) is 33.3 Å². The van der Waals surface area contributed by atoms with Crippen LogP contribution in [0, 0.1) is 11.3 Å². The van der Waals surface area contributed by atoms with Crippen molar-refractivity contribution in [3.63, 3.8) is 0 Å². The molecule has 0 aliphatic carbocycles. The van der Waals surface area contributed by atoms with E-state index in [1.807, 2.05) is 0 Å². The van der Waals surface area contributed by atoms with Crippen LogP contribution >= 0.6 is 15.9 Å². The minimum absolute atomic E-state index is 0.110. The van der Waals surface area contributed by atoms with Crippen LogP contribution in [0.3, 0.4) is 0 Å². The molecule has 0 saturated heterocycles. The summed E-state index contributed by atoms with van der Waals surface area (Å²) < 4.78 is 42.4. The van der Waals surface area contributed by atoms with Crippen LogP contribution in [0.15, 0.2) is 16.6 Å². The fraction of sp³-hybridized carbons (Fsp3) is 0.273. The summed E-state index contributed by atoms with van der Waals surface area (Å²) >= 11 is 2.94. The molecular weight excluding hydrogens is 315 g/mol. The lowest BCUT2D eigenvalue weighted by molar-refractivity contribution is -0.139. The summed E-state index contributed by atoms with van der Waals surface area (Å²) in [5.41, 5.74) is -1.29. The summed E-state index contributed by atoms with van der Waals surface area (Å²) in [5, 5.41) is 8.71. The van der Waals surface area contributed by atoms with Crippen LogP contribution in [0.4, 0.5) is 13.2 Å². The van der Waals surface area contributed by atoms with Crippen molar-refractivity contribution >= 4 is 21.9 Å². The molecule has 1 rings (SSSR count). The Morgan fingerprint density at radius 1 is 1.50 bits per heavy atom. The molecule has 0 spiro atoms. The van der Waals surface area contributed by atoms with Gasteiger partial charge >= 0.3 is 12.1 Å². The first kappa shape index (κ1) is 14.5. The quantitative estimate of drug-likeness (QED) is 0.787. The number of nitrogens with zero attached hydrogens (tertiary/aromatic N) is 1. The van der Waals surface area contributed by atoms with Crippen LogP contribution < -0.4 is 0 Å². The Balaban J connectivity index is 3.28. The number of methoxy groups -OCH3 is 1. The molecule has 0 N–H and O–H groups in total. The SMILES string of the molecule is COC(=O)Cc1cc(C#N)c(C(F)(F)F)cc1Br. The zero-order valence-electron chi connectivity index (χ0n) is 9.14. The molecule has 0 aliphatic rings. The smallest absolute Gasteiger partial charge is 0.417 e. The second-order valence-electron chi connectivity index (χ2n) is 3.35. The number of carbonyl (C=O) groups is 1. The van der Waals surface area contributed by atoms with Crippen LogP contribution in [-0.2, 0) is 22.1 Å². The highest BCUT2D eigenvalue weighted by molar-refractivity contribution is 9.10. The highest BCUT2D eigenvalue weighted by atomic mass is 79.9. The number of hydrogen-bond donors (Lipinski definition) is 0. The average molecular weight is 322 g/mol. The van der Waals surface area contributed by atoms with Gasteiger partial charge in [-0.3, -0.25) is 4.79 Å². The summed E-state index contributed by atoms with van der Waals surface area (Å²) in [4.78, 5) is 11.1. The normalized spacial score (nSPS) is 10.9. The summed E-state index contributed by atoms with van der Waals surface area (Å²) in [7, 11) is 1.17. The van der Waals surface area contributed by atoms with Gasteiger partial charge in [0.2, 0.25) is 0 Å². The Hall–Kier alpha value is -1.55. The van der Waals surface area contributed by atoms with E-state index in [4.69, 9.17) is 5.26 Å². The predicted molar refractivity (Wildman–Crippen MR) is 59.6 cm³/mol. The molecule has 18 heavy (non-hydrogen) atoms. The van der Waals surface area contributed by atoms with E-state index in [1.54, 1.807) is 0 Å². The Morgan fingerprint density at radius 3 is 2.56 bits per heavy atom. The Kier molecular flexibility index (Phi) is 4.35. The Morgan fingerprint density at radius 2 is 2.11 bits per heavy atom. The van der Waals surface area contributed by atoms with Gasteiger partial charge in [0.1, 0.15) is 0 Å². The lowest BCUT2D eigenvalue weighted by Crippen LogP contribution is -2.11. The van der Waals surface area contributed by atoms with E-state index in [2.05, 4.69) is 20.7 Å². The second kappa shape index (κ2) is 5.40. The molecule has 0 atom stereocenters. The summed E-state index contributed by atoms with van der Waals surface area (Å²) in [6, 6.07) is 3.29. The van der Waals surface area contributed by atoms with Crippen molar-refractivity contribution in [2.45, 2.75) is 12.6 Å². The largest absolute Gasteiger partial charge is 0.469 e. The molecule has 0 amide bonds. The highest BCUT2D eigenvalue weighted by Crippen LogP contribution is 2.35. The molecule has 0 bridgehead atoms. The lowest BCUT2D eigenvalue weighted by atomic mass is 10.0. The van der Waals surface area contributed by atoms with Gasteiger partial charge < -0.3 is 4.74 Å². The summed E-state index contributed by atoms with van der Waals surface area (Å²) in [6.45, 7) is 0.